The van der Waals surface area contributed by atoms with Crippen molar-refractivity contribution in [2.24, 2.45) is 0 Å². The summed E-state index contributed by atoms with van der Waals surface area (Å²) in [5, 5.41) is 0.681. The van der Waals surface area contributed by atoms with Crippen LogP contribution in [0.2, 0.25) is 5.02 Å². The fraction of sp³-hybridized carbons (Fsp3) is 0. The summed E-state index contributed by atoms with van der Waals surface area (Å²) in [5.74, 6) is 0. The van der Waals surface area contributed by atoms with Crippen LogP contribution in [-0.2, 0) is 0 Å². The first-order valence-corrected chi connectivity index (χ1v) is 7.78. The molecule has 0 bridgehead atoms. The average molecular weight is 329 g/mol. The number of nitrogens with zero attached hydrogens (tertiary/aromatic N) is 1. The maximum Gasteiger partial charge on any atom is 0.283 e. The molecule has 0 aromatic heterocycles. The van der Waals surface area contributed by atoms with Crippen LogP contribution in [0.15, 0.2) is 58.1 Å². The van der Waals surface area contributed by atoms with Crippen molar-refractivity contribution >= 4 is 33.2 Å². The molecule has 4 nitrogen and oxygen atoms in total. The fourth-order valence-corrected chi connectivity index (χ4v) is 3.70. The van der Waals surface area contributed by atoms with Crippen LogP contribution in [0.4, 0.5) is 0 Å². The summed E-state index contributed by atoms with van der Waals surface area (Å²) in [5.41, 5.74) is 0.503. The largest absolute Gasteiger partial charge is 0.349 e. The third kappa shape index (κ3) is 1.83. The molecule has 0 spiro atoms. The highest BCUT2D eigenvalue weighted by atomic mass is 35.5. The molecule has 0 saturated carbocycles. The summed E-state index contributed by atoms with van der Waals surface area (Å²) in [6.07, 6.45) is 0. The van der Waals surface area contributed by atoms with E-state index in [9.17, 15) is 9.59 Å². The van der Waals surface area contributed by atoms with Gasteiger partial charge in [-0.15, -0.1) is 11.3 Å². The Hall–Kier alpha value is -2.37. The molecule has 2 aliphatic heterocycles. The van der Waals surface area contributed by atoms with Gasteiger partial charge < -0.3 is 4.98 Å². The van der Waals surface area contributed by atoms with E-state index in [1.165, 1.54) is 11.3 Å². The summed E-state index contributed by atoms with van der Waals surface area (Å²) in [6, 6.07) is 14.4. The van der Waals surface area contributed by atoms with Gasteiger partial charge in [0.2, 0.25) is 0 Å². The smallest absolute Gasteiger partial charge is 0.283 e. The van der Waals surface area contributed by atoms with Crippen molar-refractivity contribution in [3.63, 3.8) is 0 Å². The van der Waals surface area contributed by atoms with Gasteiger partial charge in [-0.2, -0.15) is 0 Å². The van der Waals surface area contributed by atoms with Gasteiger partial charge in [0.05, 0.1) is 20.9 Å². The first-order valence-electron chi connectivity index (χ1n) is 6.58. The molecular weight excluding hydrogens is 320 g/mol. The lowest BCUT2D eigenvalue weighted by atomic mass is 10.3. The monoisotopic (exact) mass is 328 g/mol. The Morgan fingerprint density at radius 1 is 0.955 bits per heavy atom. The van der Waals surface area contributed by atoms with Gasteiger partial charge >= 0.3 is 0 Å². The number of hydrogen-bond donors (Lipinski definition) is 1. The van der Waals surface area contributed by atoms with Crippen LogP contribution in [0.3, 0.4) is 0 Å². The number of rotatable bonds is 1. The molecule has 0 saturated heterocycles. The maximum absolute atomic E-state index is 12.6. The van der Waals surface area contributed by atoms with Crippen molar-refractivity contribution < 1.29 is 0 Å². The number of aromatic amines is 1. The molecule has 6 heteroatoms. The van der Waals surface area contributed by atoms with Crippen molar-refractivity contribution in [1.29, 1.82) is 0 Å². The van der Waals surface area contributed by atoms with Crippen molar-refractivity contribution in [3.8, 4) is 5.69 Å². The second kappa shape index (κ2) is 4.83. The minimum Gasteiger partial charge on any atom is -0.349 e. The molecule has 0 atom stereocenters. The van der Waals surface area contributed by atoms with Crippen LogP contribution in [0.1, 0.15) is 0 Å². The topological polar surface area (TPSA) is 54.9 Å². The number of nitrogens with one attached hydrogen (secondary N) is 1. The molecule has 1 N–H and O–H groups in total. The van der Waals surface area contributed by atoms with E-state index >= 15 is 0 Å². The molecule has 2 aromatic rings. The fourth-order valence-electron chi connectivity index (χ4n) is 2.47. The summed E-state index contributed by atoms with van der Waals surface area (Å²) >= 11 is 7.44. The number of para-hydroxylation sites is 2. The van der Waals surface area contributed by atoms with Gasteiger partial charge in [-0.1, -0.05) is 35.9 Å². The molecule has 2 heterocycles. The van der Waals surface area contributed by atoms with Crippen LogP contribution in [0.25, 0.3) is 15.9 Å². The SMILES string of the molecule is O=c1c2[nH]c3ccccc3sc=2c(=O)n1-c1ccccc1Cl. The lowest BCUT2D eigenvalue weighted by Gasteiger charge is -2.01. The Morgan fingerprint density at radius 3 is 2.50 bits per heavy atom. The molecule has 4 rings (SSSR count). The van der Waals surface area contributed by atoms with Gasteiger partial charge in [-0.25, -0.2) is 4.57 Å². The number of aromatic nitrogens is 2. The Labute approximate surface area is 132 Å². The number of hydrogen-bond acceptors (Lipinski definition) is 3. The average Bonchev–Trinajstić information content (AvgIpc) is 2.77. The van der Waals surface area contributed by atoms with E-state index in [2.05, 4.69) is 4.98 Å². The van der Waals surface area contributed by atoms with Crippen LogP contribution < -0.4 is 11.1 Å². The summed E-state index contributed by atoms with van der Waals surface area (Å²) in [7, 11) is 0. The lowest BCUT2D eigenvalue weighted by molar-refractivity contribution is 0.967. The number of fused-ring (bicyclic) bond motifs is 1. The zero-order valence-electron chi connectivity index (χ0n) is 11.2. The molecule has 0 fully saturated rings. The second-order valence-electron chi connectivity index (χ2n) is 4.82. The van der Waals surface area contributed by atoms with Gasteiger partial charge in [-0.05, 0) is 24.3 Å². The molecule has 108 valence electrons. The van der Waals surface area contributed by atoms with Crippen LogP contribution in [-0.4, -0.2) is 9.55 Å². The van der Waals surface area contributed by atoms with Crippen LogP contribution >= 0.6 is 22.9 Å². The van der Waals surface area contributed by atoms with Crippen molar-refractivity contribution in [2.75, 3.05) is 0 Å². The molecule has 0 radical (unpaired) electrons. The molecule has 0 amide bonds. The zero-order chi connectivity index (χ0) is 15.3. The molecular formula is C16H9ClN2O2S. The molecule has 2 aromatic carbocycles. The molecule has 0 unspecified atom stereocenters. The Morgan fingerprint density at radius 2 is 1.68 bits per heavy atom. The van der Waals surface area contributed by atoms with E-state index < -0.39 is 0 Å². The standard InChI is InChI=1S/C16H9ClN2O2S/c17-9-5-1-3-7-11(9)19-15(20)13-14(16(19)21)22-12-8-4-2-6-10(12)18-13/h1-8,18H. The number of halogens is 1. The van der Waals surface area contributed by atoms with E-state index in [0.29, 0.717) is 20.6 Å². The van der Waals surface area contributed by atoms with Gasteiger partial charge in [0, 0.05) is 0 Å². The van der Waals surface area contributed by atoms with Crippen LogP contribution in [0.5, 0.6) is 0 Å². The zero-order valence-corrected chi connectivity index (χ0v) is 12.7. The van der Waals surface area contributed by atoms with Gasteiger partial charge in [-0.3, -0.25) is 9.59 Å². The minimum absolute atomic E-state index is 0.314. The highest BCUT2D eigenvalue weighted by molar-refractivity contribution is 7.16. The summed E-state index contributed by atoms with van der Waals surface area (Å²) in [6.45, 7) is 0. The van der Waals surface area contributed by atoms with E-state index in [1.807, 2.05) is 24.3 Å². The van der Waals surface area contributed by atoms with Gasteiger partial charge in [0.15, 0.2) is 0 Å². The van der Waals surface area contributed by atoms with Gasteiger partial charge in [0.1, 0.15) is 9.88 Å². The third-order valence-corrected chi connectivity index (χ3v) is 4.97. The van der Waals surface area contributed by atoms with E-state index in [1.54, 1.807) is 24.3 Å². The number of benzene rings is 2. The highest BCUT2D eigenvalue weighted by Crippen LogP contribution is 2.19. The molecule has 2 aliphatic rings. The van der Waals surface area contributed by atoms with Gasteiger partial charge in [0.25, 0.3) is 11.1 Å². The van der Waals surface area contributed by atoms with E-state index in [-0.39, 0.29) is 11.1 Å². The predicted octanol–water partition coefficient (Wildman–Crippen LogP) is 3.12. The first-order chi connectivity index (χ1) is 10.7. The first kappa shape index (κ1) is 13.3. The van der Waals surface area contributed by atoms with Crippen molar-refractivity contribution in [2.45, 2.75) is 0 Å². The quantitative estimate of drug-likeness (QED) is 0.583. The summed E-state index contributed by atoms with van der Waals surface area (Å²) < 4.78 is 2.45. The second-order valence-corrected chi connectivity index (χ2v) is 6.28. The minimum atomic E-state index is -0.380. The summed E-state index contributed by atoms with van der Waals surface area (Å²) in [4.78, 5) is 28.3. The normalized spacial score (nSPS) is 11.3. The Bertz CT molecular complexity index is 1120. The lowest BCUT2D eigenvalue weighted by Crippen LogP contribution is -2.24. The predicted molar refractivity (Wildman–Crippen MR) is 88.4 cm³/mol. The Kier molecular flexibility index (Phi) is 2.92. The van der Waals surface area contributed by atoms with Crippen molar-refractivity contribution in [3.05, 3.63) is 84.1 Å². The Balaban J connectivity index is 2.20. The van der Waals surface area contributed by atoms with Crippen LogP contribution in [0, 0.1) is 9.88 Å². The molecule has 0 aliphatic carbocycles. The highest BCUT2D eigenvalue weighted by Gasteiger charge is 2.15. The number of H-pyrrole nitrogens is 1. The van der Waals surface area contributed by atoms with Crippen molar-refractivity contribution in [1.82, 2.24) is 9.55 Å². The third-order valence-electron chi connectivity index (χ3n) is 3.49. The van der Waals surface area contributed by atoms with E-state index in [0.717, 1.165) is 14.8 Å². The van der Waals surface area contributed by atoms with E-state index in [4.69, 9.17) is 11.6 Å². The maximum atomic E-state index is 12.6. The molecule has 22 heavy (non-hydrogen) atoms.